The van der Waals surface area contributed by atoms with Crippen molar-refractivity contribution < 1.29 is 13.2 Å². The van der Waals surface area contributed by atoms with Crippen molar-refractivity contribution in [2.45, 2.75) is 40.7 Å². The van der Waals surface area contributed by atoms with E-state index in [1.807, 2.05) is 48.9 Å². The summed E-state index contributed by atoms with van der Waals surface area (Å²) in [5.41, 5.74) is 3.74. The van der Waals surface area contributed by atoms with Crippen LogP contribution in [0.1, 0.15) is 36.4 Å². The van der Waals surface area contributed by atoms with Gasteiger partial charge in [0.25, 0.3) is 0 Å². The van der Waals surface area contributed by atoms with E-state index < -0.39 is 10.0 Å². The van der Waals surface area contributed by atoms with Crippen LogP contribution in [0.2, 0.25) is 0 Å². The number of sulfonamides is 1. The number of aryl methyl sites for hydroxylation is 1. The third kappa shape index (κ3) is 5.83. The summed E-state index contributed by atoms with van der Waals surface area (Å²) >= 11 is 0. The first-order valence-corrected chi connectivity index (χ1v) is 12.2. The fourth-order valence-corrected chi connectivity index (χ4v) is 4.96. The van der Waals surface area contributed by atoms with Crippen molar-refractivity contribution in [1.29, 1.82) is 0 Å². The molecule has 7 nitrogen and oxygen atoms in total. The second-order valence-electron chi connectivity index (χ2n) is 8.44. The number of aromatic nitrogens is 2. The van der Waals surface area contributed by atoms with E-state index in [4.69, 9.17) is 0 Å². The highest BCUT2D eigenvalue weighted by molar-refractivity contribution is 7.92. The minimum atomic E-state index is -3.51. The lowest BCUT2D eigenvalue weighted by atomic mass is 10.1. The van der Waals surface area contributed by atoms with Crippen LogP contribution >= 0.6 is 0 Å². The number of hydrogen-bond donors (Lipinski definition) is 0. The van der Waals surface area contributed by atoms with Gasteiger partial charge in [0, 0.05) is 49.4 Å². The second kappa shape index (κ2) is 9.78. The highest BCUT2D eigenvalue weighted by Gasteiger charge is 2.28. The molecule has 8 heteroatoms. The summed E-state index contributed by atoms with van der Waals surface area (Å²) in [6.07, 6.45) is 1.91. The Morgan fingerprint density at radius 2 is 1.74 bits per heavy atom. The zero-order chi connectivity index (χ0) is 22.6. The van der Waals surface area contributed by atoms with Crippen molar-refractivity contribution >= 4 is 22.0 Å². The van der Waals surface area contributed by atoms with Crippen LogP contribution in [-0.4, -0.2) is 59.5 Å². The van der Waals surface area contributed by atoms with Gasteiger partial charge in [-0.3, -0.25) is 9.48 Å². The summed E-state index contributed by atoms with van der Waals surface area (Å²) in [6.45, 7) is 10.5. The van der Waals surface area contributed by atoms with Crippen molar-refractivity contribution in [3.8, 4) is 0 Å². The van der Waals surface area contributed by atoms with Gasteiger partial charge >= 0.3 is 0 Å². The summed E-state index contributed by atoms with van der Waals surface area (Å²) in [5, 5.41) is 5.83. The lowest BCUT2D eigenvalue weighted by Crippen LogP contribution is -2.50. The van der Waals surface area contributed by atoms with Crippen LogP contribution in [0.15, 0.2) is 35.7 Å². The molecule has 1 aliphatic heterocycles. The van der Waals surface area contributed by atoms with Crippen molar-refractivity contribution in [3.05, 3.63) is 58.3 Å². The quantitative estimate of drug-likeness (QED) is 0.658. The molecule has 0 bridgehead atoms. The van der Waals surface area contributed by atoms with E-state index >= 15 is 0 Å². The summed E-state index contributed by atoms with van der Waals surface area (Å²) in [6, 6.07) is 9.34. The average molecular weight is 445 g/mol. The van der Waals surface area contributed by atoms with Gasteiger partial charge in [-0.15, -0.1) is 0 Å². The van der Waals surface area contributed by atoms with Gasteiger partial charge in [0.15, 0.2) is 0 Å². The van der Waals surface area contributed by atoms with Crippen LogP contribution in [0.4, 0.5) is 0 Å². The van der Waals surface area contributed by atoms with Gasteiger partial charge < -0.3 is 4.90 Å². The van der Waals surface area contributed by atoms with Gasteiger partial charge in [-0.2, -0.15) is 9.40 Å². The first-order valence-electron chi connectivity index (χ1n) is 10.7. The van der Waals surface area contributed by atoms with Crippen LogP contribution in [0, 0.1) is 19.8 Å². The molecule has 3 rings (SSSR count). The standard InChI is InChI=1S/C23H32N4O3S/c1-18(2)17-27-20(4)22(19(3)24-27)16-23(28)25-11-13-26(14-12-25)31(29,30)15-10-21-8-6-5-7-9-21/h5-10,15,18H,11-14,16-17H2,1-4H3/b15-10+. The molecule has 1 amide bonds. The summed E-state index contributed by atoms with van der Waals surface area (Å²) in [5.74, 6) is 0.500. The summed E-state index contributed by atoms with van der Waals surface area (Å²) < 4.78 is 28.7. The first kappa shape index (κ1) is 23.2. The lowest BCUT2D eigenvalue weighted by Gasteiger charge is -2.33. The topological polar surface area (TPSA) is 75.5 Å². The number of carbonyl (C=O) groups is 1. The zero-order valence-corrected chi connectivity index (χ0v) is 19.6. The molecule has 1 aromatic carbocycles. The van der Waals surface area contributed by atoms with Crippen LogP contribution < -0.4 is 0 Å². The fourth-order valence-electron chi connectivity index (χ4n) is 3.78. The molecular weight excluding hydrogens is 412 g/mol. The zero-order valence-electron chi connectivity index (χ0n) is 18.8. The molecule has 1 aromatic heterocycles. The highest BCUT2D eigenvalue weighted by Crippen LogP contribution is 2.18. The SMILES string of the molecule is Cc1nn(CC(C)C)c(C)c1CC(=O)N1CCN(S(=O)(=O)/C=C/c2ccccc2)CC1. The predicted molar refractivity (Wildman–Crippen MR) is 123 cm³/mol. The van der Waals surface area contributed by atoms with E-state index in [1.165, 1.54) is 9.71 Å². The number of nitrogens with zero attached hydrogens (tertiary/aromatic N) is 4. The van der Waals surface area contributed by atoms with Crippen LogP contribution in [0.3, 0.4) is 0 Å². The number of benzene rings is 1. The minimum absolute atomic E-state index is 0.0205. The molecule has 1 aliphatic rings. The van der Waals surface area contributed by atoms with Gasteiger partial charge in [0.05, 0.1) is 12.1 Å². The van der Waals surface area contributed by atoms with E-state index in [9.17, 15) is 13.2 Å². The molecule has 2 heterocycles. The Balaban J connectivity index is 1.59. The molecule has 1 saturated heterocycles. The maximum absolute atomic E-state index is 12.9. The average Bonchev–Trinajstić information content (AvgIpc) is 3.00. The molecule has 2 aromatic rings. The first-order chi connectivity index (χ1) is 14.7. The Hall–Kier alpha value is -2.45. The second-order valence-corrected chi connectivity index (χ2v) is 10.3. The van der Waals surface area contributed by atoms with E-state index in [1.54, 1.807) is 11.0 Å². The Morgan fingerprint density at radius 1 is 1.10 bits per heavy atom. The molecule has 31 heavy (non-hydrogen) atoms. The Bertz CT molecular complexity index is 1030. The number of piperazine rings is 1. The molecule has 168 valence electrons. The smallest absolute Gasteiger partial charge is 0.236 e. The molecule has 0 unspecified atom stereocenters. The monoisotopic (exact) mass is 444 g/mol. The molecule has 0 saturated carbocycles. The van der Waals surface area contributed by atoms with Crippen LogP contribution in [0.5, 0.6) is 0 Å². The van der Waals surface area contributed by atoms with E-state index in [-0.39, 0.29) is 5.91 Å². The number of amides is 1. The molecule has 1 fully saturated rings. The van der Waals surface area contributed by atoms with E-state index in [0.29, 0.717) is 38.5 Å². The van der Waals surface area contributed by atoms with Gasteiger partial charge in [0.2, 0.25) is 15.9 Å². The van der Waals surface area contributed by atoms with Gasteiger partial charge in [-0.05, 0) is 31.4 Å². The number of carbonyl (C=O) groups excluding carboxylic acids is 1. The third-order valence-electron chi connectivity index (χ3n) is 5.58. The van der Waals surface area contributed by atoms with Crippen LogP contribution in [0.25, 0.3) is 6.08 Å². The minimum Gasteiger partial charge on any atom is -0.340 e. The van der Waals surface area contributed by atoms with Gasteiger partial charge in [-0.1, -0.05) is 44.2 Å². The molecule has 0 atom stereocenters. The number of rotatable bonds is 7. The lowest BCUT2D eigenvalue weighted by molar-refractivity contribution is -0.131. The normalized spacial score (nSPS) is 15.8. The maximum atomic E-state index is 12.9. The molecule has 0 radical (unpaired) electrons. The molecule has 0 spiro atoms. The predicted octanol–water partition coefficient (Wildman–Crippen LogP) is 2.84. The fraction of sp³-hybridized carbons (Fsp3) is 0.478. The number of hydrogen-bond acceptors (Lipinski definition) is 4. The maximum Gasteiger partial charge on any atom is 0.236 e. The van der Waals surface area contributed by atoms with Crippen LogP contribution in [-0.2, 0) is 27.8 Å². The Labute approximate surface area is 185 Å². The van der Waals surface area contributed by atoms with Crippen molar-refractivity contribution in [1.82, 2.24) is 19.0 Å². The molecular formula is C23H32N4O3S. The summed E-state index contributed by atoms with van der Waals surface area (Å²) in [4.78, 5) is 14.6. The third-order valence-corrected chi connectivity index (χ3v) is 7.15. The van der Waals surface area contributed by atoms with Crippen molar-refractivity contribution in [2.24, 2.45) is 5.92 Å². The Kier molecular flexibility index (Phi) is 7.33. The summed E-state index contributed by atoms with van der Waals surface area (Å²) in [7, 11) is -3.51. The Morgan fingerprint density at radius 3 is 2.35 bits per heavy atom. The molecule has 0 N–H and O–H groups in total. The van der Waals surface area contributed by atoms with Crippen molar-refractivity contribution in [3.63, 3.8) is 0 Å². The van der Waals surface area contributed by atoms with Gasteiger partial charge in [-0.25, -0.2) is 8.42 Å². The van der Waals surface area contributed by atoms with E-state index in [2.05, 4.69) is 18.9 Å². The van der Waals surface area contributed by atoms with E-state index in [0.717, 1.165) is 29.1 Å². The van der Waals surface area contributed by atoms with Gasteiger partial charge in [0.1, 0.15) is 0 Å². The van der Waals surface area contributed by atoms with Crippen molar-refractivity contribution in [2.75, 3.05) is 26.2 Å². The highest BCUT2D eigenvalue weighted by atomic mass is 32.2. The largest absolute Gasteiger partial charge is 0.340 e. The molecule has 0 aliphatic carbocycles.